The van der Waals surface area contributed by atoms with Gasteiger partial charge in [0.2, 0.25) is 0 Å². The maximum Gasteiger partial charge on any atom is 0.147 e. The van der Waals surface area contributed by atoms with Gasteiger partial charge in [-0.05, 0) is 30.0 Å². The summed E-state index contributed by atoms with van der Waals surface area (Å²) in [5.74, 6) is 2.36. The van der Waals surface area contributed by atoms with Crippen LogP contribution in [-0.4, -0.2) is 24.6 Å². The van der Waals surface area contributed by atoms with Crippen molar-refractivity contribution in [1.29, 1.82) is 0 Å². The number of hydrogen-bond acceptors (Lipinski definition) is 3. The molecule has 18 heavy (non-hydrogen) atoms. The summed E-state index contributed by atoms with van der Waals surface area (Å²) in [6.45, 7) is 10.6. The number of pyridine rings is 1. The van der Waals surface area contributed by atoms with Crippen LogP contribution in [0.25, 0.3) is 0 Å². The van der Waals surface area contributed by atoms with Crippen LogP contribution in [0.5, 0.6) is 0 Å². The molecule has 1 aliphatic rings. The molecule has 1 aromatic heterocycles. The number of anilines is 1. The number of nitrogens with zero attached hydrogens (tertiary/aromatic N) is 2. The standard InChI is InChI=1S/C14H22ClN3/c1-4-16-6-12-5-13(15)14(17-7-12)18-8-10(2)11(3)9-18/h5,7,10-11,16H,4,6,8-9H2,1-3H3. The number of halogens is 1. The lowest BCUT2D eigenvalue weighted by Crippen LogP contribution is -2.21. The van der Waals surface area contributed by atoms with E-state index in [-0.39, 0.29) is 0 Å². The monoisotopic (exact) mass is 267 g/mol. The van der Waals surface area contributed by atoms with E-state index < -0.39 is 0 Å². The van der Waals surface area contributed by atoms with Crippen LogP contribution < -0.4 is 10.2 Å². The third-order valence-corrected chi connectivity index (χ3v) is 4.02. The predicted octanol–water partition coefficient (Wildman–Crippen LogP) is 2.94. The van der Waals surface area contributed by atoms with Crippen LogP contribution in [-0.2, 0) is 6.54 Å². The average molecular weight is 268 g/mol. The Bertz CT molecular complexity index is 398. The molecule has 100 valence electrons. The van der Waals surface area contributed by atoms with Gasteiger partial charge in [0.25, 0.3) is 0 Å². The fourth-order valence-corrected chi connectivity index (χ4v) is 2.68. The minimum absolute atomic E-state index is 0.712. The Hall–Kier alpha value is -0.800. The Morgan fingerprint density at radius 1 is 1.39 bits per heavy atom. The molecule has 2 unspecified atom stereocenters. The molecule has 0 saturated carbocycles. The average Bonchev–Trinajstić information content (AvgIpc) is 2.67. The van der Waals surface area contributed by atoms with E-state index in [1.807, 2.05) is 12.3 Å². The summed E-state index contributed by atoms with van der Waals surface area (Å²) in [4.78, 5) is 6.84. The molecule has 1 aromatic rings. The first-order valence-electron chi connectivity index (χ1n) is 6.72. The first kappa shape index (κ1) is 13.6. The molecule has 2 heterocycles. The van der Waals surface area contributed by atoms with Crippen molar-refractivity contribution in [3.8, 4) is 0 Å². The van der Waals surface area contributed by atoms with E-state index in [1.165, 1.54) is 0 Å². The molecule has 1 fully saturated rings. The van der Waals surface area contributed by atoms with Crippen molar-refractivity contribution < 1.29 is 0 Å². The van der Waals surface area contributed by atoms with Gasteiger partial charge < -0.3 is 10.2 Å². The second-order valence-electron chi connectivity index (χ2n) is 5.29. The van der Waals surface area contributed by atoms with Gasteiger partial charge in [0.1, 0.15) is 5.82 Å². The highest BCUT2D eigenvalue weighted by molar-refractivity contribution is 6.33. The molecule has 0 amide bonds. The maximum atomic E-state index is 6.35. The number of nitrogens with one attached hydrogen (secondary N) is 1. The second-order valence-corrected chi connectivity index (χ2v) is 5.70. The summed E-state index contributed by atoms with van der Waals surface area (Å²) in [7, 11) is 0. The zero-order chi connectivity index (χ0) is 13.1. The normalized spacial score (nSPS) is 23.7. The lowest BCUT2D eigenvalue weighted by molar-refractivity contribution is 0.494. The maximum absolute atomic E-state index is 6.35. The molecule has 2 atom stereocenters. The zero-order valence-corrected chi connectivity index (χ0v) is 12.2. The van der Waals surface area contributed by atoms with Crippen molar-refractivity contribution in [3.05, 3.63) is 22.8 Å². The van der Waals surface area contributed by atoms with E-state index in [9.17, 15) is 0 Å². The highest BCUT2D eigenvalue weighted by Gasteiger charge is 2.28. The van der Waals surface area contributed by atoms with Crippen LogP contribution in [0.1, 0.15) is 26.3 Å². The van der Waals surface area contributed by atoms with Gasteiger partial charge in [0.05, 0.1) is 5.02 Å². The SMILES string of the molecule is CCNCc1cnc(N2CC(C)C(C)C2)c(Cl)c1. The molecule has 2 rings (SSSR count). The highest BCUT2D eigenvalue weighted by atomic mass is 35.5. The molecule has 0 spiro atoms. The van der Waals surface area contributed by atoms with Crippen molar-refractivity contribution in [3.63, 3.8) is 0 Å². The van der Waals surface area contributed by atoms with Crippen molar-refractivity contribution in [2.75, 3.05) is 24.5 Å². The first-order valence-corrected chi connectivity index (χ1v) is 7.09. The molecular formula is C14H22ClN3. The summed E-state index contributed by atoms with van der Waals surface area (Å²) in [6.07, 6.45) is 1.93. The van der Waals surface area contributed by atoms with Gasteiger partial charge in [-0.1, -0.05) is 32.4 Å². The fraction of sp³-hybridized carbons (Fsp3) is 0.643. The van der Waals surface area contributed by atoms with Crippen LogP contribution in [0, 0.1) is 11.8 Å². The largest absolute Gasteiger partial charge is 0.355 e. The summed E-state index contributed by atoms with van der Waals surface area (Å²) < 4.78 is 0. The van der Waals surface area contributed by atoms with E-state index in [2.05, 4.69) is 36.0 Å². The van der Waals surface area contributed by atoms with Gasteiger partial charge in [-0.15, -0.1) is 0 Å². The molecule has 1 saturated heterocycles. The third-order valence-electron chi connectivity index (χ3n) is 3.75. The molecule has 4 heteroatoms. The Balaban J connectivity index is 2.10. The quantitative estimate of drug-likeness (QED) is 0.909. The minimum Gasteiger partial charge on any atom is -0.355 e. The van der Waals surface area contributed by atoms with Crippen LogP contribution in [0.15, 0.2) is 12.3 Å². The second kappa shape index (κ2) is 5.89. The molecule has 0 aliphatic carbocycles. The molecule has 3 nitrogen and oxygen atoms in total. The lowest BCUT2D eigenvalue weighted by atomic mass is 10.0. The van der Waals surface area contributed by atoms with Crippen molar-refractivity contribution in [1.82, 2.24) is 10.3 Å². The van der Waals surface area contributed by atoms with Gasteiger partial charge in [-0.25, -0.2) is 4.98 Å². The van der Waals surface area contributed by atoms with Crippen LogP contribution >= 0.6 is 11.6 Å². The molecule has 1 N–H and O–H groups in total. The van der Waals surface area contributed by atoms with Crippen LogP contribution in [0.4, 0.5) is 5.82 Å². The topological polar surface area (TPSA) is 28.2 Å². The molecule has 0 radical (unpaired) electrons. The number of rotatable bonds is 4. The summed E-state index contributed by atoms with van der Waals surface area (Å²) in [5, 5.41) is 4.05. The zero-order valence-electron chi connectivity index (χ0n) is 11.4. The first-order chi connectivity index (χ1) is 8.61. The summed E-state index contributed by atoms with van der Waals surface area (Å²) in [5.41, 5.74) is 1.14. The smallest absolute Gasteiger partial charge is 0.147 e. The predicted molar refractivity (Wildman–Crippen MR) is 77.2 cm³/mol. The van der Waals surface area contributed by atoms with Gasteiger partial charge in [-0.3, -0.25) is 0 Å². The summed E-state index contributed by atoms with van der Waals surface area (Å²) in [6, 6.07) is 2.03. The third kappa shape index (κ3) is 2.96. The Labute approximate surface area is 115 Å². The van der Waals surface area contributed by atoms with E-state index in [0.717, 1.165) is 42.6 Å². The molecule has 1 aliphatic heterocycles. The van der Waals surface area contributed by atoms with E-state index in [0.29, 0.717) is 11.8 Å². The Kier molecular flexibility index (Phi) is 4.46. The van der Waals surface area contributed by atoms with Gasteiger partial charge >= 0.3 is 0 Å². The minimum atomic E-state index is 0.712. The molecule has 0 bridgehead atoms. The highest BCUT2D eigenvalue weighted by Crippen LogP contribution is 2.31. The van der Waals surface area contributed by atoms with E-state index in [4.69, 9.17) is 11.6 Å². The summed E-state index contributed by atoms with van der Waals surface area (Å²) >= 11 is 6.35. The van der Waals surface area contributed by atoms with Crippen LogP contribution in [0.2, 0.25) is 5.02 Å². The van der Waals surface area contributed by atoms with E-state index in [1.54, 1.807) is 0 Å². The van der Waals surface area contributed by atoms with Crippen LogP contribution in [0.3, 0.4) is 0 Å². The van der Waals surface area contributed by atoms with E-state index >= 15 is 0 Å². The molecular weight excluding hydrogens is 246 g/mol. The van der Waals surface area contributed by atoms with Crippen molar-refractivity contribution in [2.24, 2.45) is 11.8 Å². The van der Waals surface area contributed by atoms with Gasteiger partial charge in [0.15, 0.2) is 0 Å². The van der Waals surface area contributed by atoms with Gasteiger partial charge in [0, 0.05) is 25.8 Å². The van der Waals surface area contributed by atoms with Crippen molar-refractivity contribution in [2.45, 2.75) is 27.3 Å². The van der Waals surface area contributed by atoms with Gasteiger partial charge in [-0.2, -0.15) is 0 Å². The Morgan fingerprint density at radius 2 is 2.06 bits per heavy atom. The Morgan fingerprint density at radius 3 is 2.61 bits per heavy atom. The number of aromatic nitrogens is 1. The van der Waals surface area contributed by atoms with Crippen molar-refractivity contribution >= 4 is 17.4 Å². The molecule has 0 aromatic carbocycles. The number of hydrogen-bond donors (Lipinski definition) is 1. The lowest BCUT2D eigenvalue weighted by Gasteiger charge is -2.19. The fourth-order valence-electron chi connectivity index (χ4n) is 2.37.